The quantitative estimate of drug-likeness (QED) is 0.848. The van der Waals surface area contributed by atoms with Gasteiger partial charge in [-0.2, -0.15) is 13.2 Å². The van der Waals surface area contributed by atoms with E-state index in [4.69, 9.17) is 11.6 Å². The molecule has 6 heteroatoms. The number of rotatable bonds is 2. The standard InChI is InChI=1S/C14H14ClF3N2/c1-4-19-11-8(3)13(14(16,17)18)20-12-9(15)6-5-7(2)10(11)12/h5-6H,4H2,1-3H3,(H,19,20). The van der Waals surface area contributed by atoms with Crippen LogP contribution in [-0.4, -0.2) is 11.5 Å². The molecule has 108 valence electrons. The average Bonchev–Trinajstić information content (AvgIpc) is 2.35. The van der Waals surface area contributed by atoms with E-state index in [2.05, 4.69) is 10.3 Å². The lowest BCUT2D eigenvalue weighted by molar-refractivity contribution is -0.141. The molecular weight excluding hydrogens is 289 g/mol. The number of aromatic nitrogens is 1. The van der Waals surface area contributed by atoms with Gasteiger partial charge in [0.05, 0.1) is 10.5 Å². The van der Waals surface area contributed by atoms with Crippen LogP contribution in [0.4, 0.5) is 18.9 Å². The summed E-state index contributed by atoms with van der Waals surface area (Å²) in [4.78, 5) is 3.75. The summed E-state index contributed by atoms with van der Waals surface area (Å²) < 4.78 is 39.3. The molecule has 1 heterocycles. The van der Waals surface area contributed by atoms with E-state index < -0.39 is 11.9 Å². The maximum atomic E-state index is 13.1. The van der Waals surface area contributed by atoms with Crippen molar-refractivity contribution >= 4 is 28.2 Å². The first-order valence-corrected chi connectivity index (χ1v) is 6.55. The summed E-state index contributed by atoms with van der Waals surface area (Å²) in [5.41, 5.74) is 0.667. The number of nitrogens with one attached hydrogen (secondary N) is 1. The fourth-order valence-electron chi connectivity index (χ4n) is 2.27. The van der Waals surface area contributed by atoms with Gasteiger partial charge in [0.1, 0.15) is 5.69 Å². The first-order valence-electron chi connectivity index (χ1n) is 6.17. The Morgan fingerprint density at radius 3 is 2.45 bits per heavy atom. The minimum Gasteiger partial charge on any atom is -0.384 e. The largest absolute Gasteiger partial charge is 0.433 e. The van der Waals surface area contributed by atoms with Gasteiger partial charge in [-0.05, 0) is 32.4 Å². The van der Waals surface area contributed by atoms with Crippen molar-refractivity contribution in [3.63, 3.8) is 0 Å². The first-order chi connectivity index (χ1) is 9.27. The van der Waals surface area contributed by atoms with E-state index in [1.54, 1.807) is 12.1 Å². The fraction of sp³-hybridized carbons (Fsp3) is 0.357. The smallest absolute Gasteiger partial charge is 0.384 e. The minimum absolute atomic E-state index is 0.0946. The number of anilines is 1. The Hall–Kier alpha value is -1.49. The van der Waals surface area contributed by atoms with Gasteiger partial charge in [-0.1, -0.05) is 17.7 Å². The van der Waals surface area contributed by atoms with Gasteiger partial charge < -0.3 is 5.32 Å². The Kier molecular flexibility index (Phi) is 3.82. The Morgan fingerprint density at radius 1 is 1.25 bits per heavy atom. The third-order valence-electron chi connectivity index (χ3n) is 3.16. The second-order valence-electron chi connectivity index (χ2n) is 4.58. The molecule has 20 heavy (non-hydrogen) atoms. The third kappa shape index (κ3) is 2.42. The molecule has 0 aliphatic carbocycles. The fourth-order valence-corrected chi connectivity index (χ4v) is 2.47. The Morgan fingerprint density at radius 2 is 1.90 bits per heavy atom. The molecule has 1 aromatic carbocycles. The summed E-state index contributed by atoms with van der Waals surface area (Å²) in [6.07, 6.45) is -4.50. The molecular formula is C14H14ClF3N2. The van der Waals surface area contributed by atoms with E-state index in [1.165, 1.54) is 6.92 Å². The molecule has 0 saturated heterocycles. The zero-order valence-corrected chi connectivity index (χ0v) is 12.1. The lowest BCUT2D eigenvalue weighted by Gasteiger charge is -2.18. The lowest BCUT2D eigenvalue weighted by Crippen LogP contribution is -2.14. The van der Waals surface area contributed by atoms with Gasteiger partial charge in [-0.25, -0.2) is 4.98 Å². The average molecular weight is 303 g/mol. The van der Waals surface area contributed by atoms with Crippen molar-refractivity contribution in [2.24, 2.45) is 0 Å². The Balaban J connectivity index is 2.95. The van der Waals surface area contributed by atoms with Crippen LogP contribution >= 0.6 is 11.6 Å². The van der Waals surface area contributed by atoms with E-state index >= 15 is 0 Å². The van der Waals surface area contributed by atoms with E-state index in [0.717, 1.165) is 5.56 Å². The van der Waals surface area contributed by atoms with Crippen molar-refractivity contribution < 1.29 is 13.2 Å². The predicted molar refractivity (Wildman–Crippen MR) is 75.4 cm³/mol. The van der Waals surface area contributed by atoms with E-state index in [0.29, 0.717) is 17.6 Å². The van der Waals surface area contributed by atoms with Crippen molar-refractivity contribution in [1.82, 2.24) is 4.98 Å². The molecule has 0 bridgehead atoms. The molecule has 0 spiro atoms. The van der Waals surface area contributed by atoms with Crippen molar-refractivity contribution in [3.8, 4) is 0 Å². The number of benzene rings is 1. The monoisotopic (exact) mass is 302 g/mol. The molecule has 0 saturated carbocycles. The zero-order valence-electron chi connectivity index (χ0n) is 11.3. The summed E-state index contributed by atoms with van der Waals surface area (Å²) in [6, 6.07) is 3.34. The second-order valence-corrected chi connectivity index (χ2v) is 4.98. The maximum Gasteiger partial charge on any atom is 0.433 e. The second kappa shape index (κ2) is 5.13. The Bertz CT molecular complexity index is 666. The first kappa shape index (κ1) is 14.9. The number of aryl methyl sites for hydroxylation is 1. The molecule has 0 atom stereocenters. The molecule has 0 radical (unpaired) electrons. The molecule has 0 unspecified atom stereocenters. The molecule has 2 rings (SSSR count). The van der Waals surface area contributed by atoms with Gasteiger partial charge in [-0.15, -0.1) is 0 Å². The van der Waals surface area contributed by atoms with E-state index in [1.807, 2.05) is 13.8 Å². The topological polar surface area (TPSA) is 24.9 Å². The highest BCUT2D eigenvalue weighted by Gasteiger charge is 2.36. The van der Waals surface area contributed by atoms with Crippen LogP contribution in [0.1, 0.15) is 23.7 Å². The minimum atomic E-state index is -4.50. The molecule has 0 aliphatic rings. The number of fused-ring (bicyclic) bond motifs is 1. The highest BCUT2D eigenvalue weighted by Crippen LogP contribution is 2.39. The molecule has 2 nitrogen and oxygen atoms in total. The van der Waals surface area contributed by atoms with Gasteiger partial charge in [0.2, 0.25) is 0 Å². The lowest BCUT2D eigenvalue weighted by atomic mass is 10.0. The Labute approximate surface area is 120 Å². The van der Waals surface area contributed by atoms with Crippen LogP contribution in [0.5, 0.6) is 0 Å². The van der Waals surface area contributed by atoms with Crippen LogP contribution in [0.15, 0.2) is 12.1 Å². The summed E-state index contributed by atoms with van der Waals surface area (Å²) >= 11 is 6.02. The van der Waals surface area contributed by atoms with E-state index in [-0.39, 0.29) is 16.1 Å². The van der Waals surface area contributed by atoms with Crippen LogP contribution in [0.25, 0.3) is 10.9 Å². The summed E-state index contributed by atoms with van der Waals surface area (Å²) in [7, 11) is 0. The molecule has 0 amide bonds. The van der Waals surface area contributed by atoms with Gasteiger partial charge >= 0.3 is 6.18 Å². The highest BCUT2D eigenvalue weighted by molar-refractivity contribution is 6.35. The van der Waals surface area contributed by atoms with E-state index in [9.17, 15) is 13.2 Å². The van der Waals surface area contributed by atoms with Crippen molar-refractivity contribution in [2.45, 2.75) is 26.9 Å². The number of pyridine rings is 1. The molecule has 1 N–H and O–H groups in total. The molecule has 1 aromatic heterocycles. The number of alkyl halides is 3. The van der Waals surface area contributed by atoms with Gasteiger partial charge in [0.25, 0.3) is 0 Å². The van der Waals surface area contributed by atoms with Crippen molar-refractivity contribution in [3.05, 3.63) is 34.0 Å². The van der Waals surface area contributed by atoms with Crippen LogP contribution in [-0.2, 0) is 6.18 Å². The highest BCUT2D eigenvalue weighted by atomic mass is 35.5. The van der Waals surface area contributed by atoms with Gasteiger partial charge in [0, 0.05) is 23.2 Å². The normalized spacial score (nSPS) is 11.9. The predicted octanol–water partition coefficient (Wildman–Crippen LogP) is 4.96. The van der Waals surface area contributed by atoms with Crippen LogP contribution < -0.4 is 5.32 Å². The van der Waals surface area contributed by atoms with Crippen LogP contribution in [0, 0.1) is 13.8 Å². The SMILES string of the molecule is CCNc1c(C)c(C(F)(F)F)nc2c(Cl)ccc(C)c12. The number of halogens is 4. The summed E-state index contributed by atoms with van der Waals surface area (Å²) in [5.74, 6) is 0. The molecule has 0 fully saturated rings. The number of hydrogen-bond donors (Lipinski definition) is 1. The van der Waals surface area contributed by atoms with Crippen molar-refractivity contribution in [2.75, 3.05) is 11.9 Å². The number of nitrogens with zero attached hydrogens (tertiary/aromatic N) is 1. The molecule has 0 aliphatic heterocycles. The van der Waals surface area contributed by atoms with Crippen LogP contribution in [0.3, 0.4) is 0 Å². The summed E-state index contributed by atoms with van der Waals surface area (Å²) in [6.45, 7) is 5.60. The van der Waals surface area contributed by atoms with Crippen molar-refractivity contribution in [1.29, 1.82) is 0 Å². The van der Waals surface area contributed by atoms with Gasteiger partial charge in [-0.3, -0.25) is 0 Å². The maximum absolute atomic E-state index is 13.1. The third-order valence-corrected chi connectivity index (χ3v) is 3.47. The molecule has 2 aromatic rings. The van der Waals surface area contributed by atoms with Gasteiger partial charge in [0.15, 0.2) is 0 Å². The summed E-state index contributed by atoms with van der Waals surface area (Å²) in [5, 5.41) is 3.86. The van der Waals surface area contributed by atoms with Crippen LogP contribution in [0.2, 0.25) is 5.02 Å². The zero-order chi connectivity index (χ0) is 15.1. The number of hydrogen-bond acceptors (Lipinski definition) is 2.